The van der Waals surface area contributed by atoms with E-state index in [-0.39, 0.29) is 49.1 Å². The second-order valence-electron chi connectivity index (χ2n) is 19.9. The van der Waals surface area contributed by atoms with Crippen LogP contribution < -0.4 is 10.6 Å². The number of hydrogen-bond acceptors (Lipinski definition) is 13. The number of carbonyl (C=O) groups is 3. The first-order valence-corrected chi connectivity index (χ1v) is 21.4. The van der Waals surface area contributed by atoms with Crippen molar-refractivity contribution in [1.82, 2.24) is 10.6 Å². The number of aliphatic hydroxyl groups excluding tert-OH is 3. The van der Waals surface area contributed by atoms with Crippen molar-refractivity contribution in [2.75, 3.05) is 26.4 Å². The van der Waals surface area contributed by atoms with Crippen molar-refractivity contribution < 1.29 is 53.1 Å². The quantitative estimate of drug-likeness (QED) is 0.172. The molecule has 9 rings (SSSR count). The van der Waals surface area contributed by atoms with Gasteiger partial charge in [0.05, 0.1) is 43.0 Å². The van der Waals surface area contributed by atoms with Crippen LogP contribution in [-0.2, 0) is 39.8 Å². The Bertz CT molecular complexity index is 1720. The van der Waals surface area contributed by atoms with E-state index in [1.54, 1.807) is 6.26 Å². The van der Waals surface area contributed by atoms with Gasteiger partial charge in [0.15, 0.2) is 11.9 Å². The minimum absolute atomic E-state index is 0.0128. The van der Waals surface area contributed by atoms with Gasteiger partial charge in [-0.05, 0) is 93.9 Å². The van der Waals surface area contributed by atoms with Crippen molar-refractivity contribution in [3.8, 4) is 0 Å². The standard InChI is InChI=1S/C43H62N2O11/c1-22(2)10-14-40(4)34-33(49)35(50)41(5)30(42(34)20-53-32(48)17-31(42)55-40)11-13-39(3)36(54-38(51)37-43(39,41)56-37)25-12-15-52-29(25)16-26(28(47)19-46)23-6-8-24(9-7-23)27-18-44-21-45-27/h12,15,22-24,26-28,30-31,34-37,44-47,50H,6-11,13-14,16-21H2,1-5H3/t23?,24?,26-,27-,28+,30-,31-,34+,35+,36-,37+,39-,40-,41-,42-,43+/m0/s1. The van der Waals surface area contributed by atoms with E-state index in [2.05, 4.69) is 24.5 Å². The van der Waals surface area contributed by atoms with E-state index in [9.17, 15) is 29.7 Å². The van der Waals surface area contributed by atoms with Gasteiger partial charge in [0.2, 0.25) is 0 Å². The Labute approximate surface area is 329 Å². The molecule has 14 atom stereocenters. The number of furan rings is 1. The molecular weight excluding hydrogens is 720 g/mol. The normalized spacial score (nSPS) is 47.9. The van der Waals surface area contributed by atoms with E-state index in [4.69, 9.17) is 23.4 Å². The van der Waals surface area contributed by atoms with E-state index < -0.39 is 69.9 Å². The molecule has 1 aromatic heterocycles. The Morgan fingerprint density at radius 1 is 1.02 bits per heavy atom. The van der Waals surface area contributed by atoms with Crippen LogP contribution in [0.1, 0.15) is 110 Å². The van der Waals surface area contributed by atoms with Crippen LogP contribution in [0.4, 0.5) is 0 Å². The van der Waals surface area contributed by atoms with Crippen LogP contribution in [-0.4, -0.2) is 101 Å². The zero-order valence-electron chi connectivity index (χ0n) is 33.6. The third-order valence-corrected chi connectivity index (χ3v) is 17.0. The van der Waals surface area contributed by atoms with Crippen molar-refractivity contribution in [3.05, 3.63) is 23.7 Å². The van der Waals surface area contributed by atoms with Crippen LogP contribution in [0, 0.1) is 51.8 Å². The van der Waals surface area contributed by atoms with Crippen molar-refractivity contribution in [1.29, 1.82) is 0 Å². The van der Waals surface area contributed by atoms with E-state index in [0.29, 0.717) is 54.9 Å². The summed E-state index contributed by atoms with van der Waals surface area (Å²) in [4.78, 5) is 42.0. The van der Waals surface area contributed by atoms with Gasteiger partial charge in [-0.25, -0.2) is 4.79 Å². The summed E-state index contributed by atoms with van der Waals surface area (Å²) < 4.78 is 32.0. The summed E-state index contributed by atoms with van der Waals surface area (Å²) in [6.45, 7) is 11.6. The zero-order chi connectivity index (χ0) is 39.6. The Hall–Kier alpha value is -2.39. The zero-order valence-corrected chi connectivity index (χ0v) is 33.6. The Morgan fingerprint density at radius 3 is 2.48 bits per heavy atom. The molecule has 5 saturated heterocycles. The summed E-state index contributed by atoms with van der Waals surface area (Å²) in [5.41, 5.74) is -4.50. The van der Waals surface area contributed by atoms with Gasteiger partial charge in [0, 0.05) is 47.5 Å². The van der Waals surface area contributed by atoms with Gasteiger partial charge in [-0.1, -0.05) is 27.7 Å². The number of Topliss-reactive ketones (excluding diaryl/α,β-unsaturated/α-hetero) is 1. The number of carbonyl (C=O) groups excluding carboxylic acids is 3. The smallest absolute Gasteiger partial charge is 0.339 e. The highest BCUT2D eigenvalue weighted by Crippen LogP contribution is 2.80. The molecule has 0 amide bonds. The lowest BCUT2D eigenvalue weighted by molar-refractivity contribution is -0.252. The summed E-state index contributed by atoms with van der Waals surface area (Å²) in [6.07, 6.45) is 3.64. The lowest BCUT2D eigenvalue weighted by Crippen LogP contribution is -2.76. The van der Waals surface area contributed by atoms with E-state index >= 15 is 0 Å². The summed E-state index contributed by atoms with van der Waals surface area (Å²) in [5, 5.41) is 41.0. The van der Waals surface area contributed by atoms with Gasteiger partial charge in [-0.3, -0.25) is 9.59 Å². The molecule has 310 valence electrons. The fourth-order valence-corrected chi connectivity index (χ4v) is 14.2. The minimum Gasteiger partial charge on any atom is -0.469 e. The fourth-order valence-electron chi connectivity index (χ4n) is 14.2. The second kappa shape index (κ2) is 13.6. The molecule has 8 fully saturated rings. The van der Waals surface area contributed by atoms with Crippen molar-refractivity contribution in [2.45, 2.75) is 147 Å². The Morgan fingerprint density at radius 2 is 1.79 bits per heavy atom. The van der Waals surface area contributed by atoms with Gasteiger partial charge in [0.1, 0.15) is 30.2 Å². The van der Waals surface area contributed by atoms with Crippen LogP contribution >= 0.6 is 0 Å². The molecule has 0 radical (unpaired) electrons. The molecule has 5 N–H and O–H groups in total. The molecule has 3 aliphatic carbocycles. The maximum Gasteiger partial charge on any atom is 0.339 e. The second-order valence-corrected chi connectivity index (χ2v) is 19.9. The molecule has 0 bridgehead atoms. The lowest BCUT2D eigenvalue weighted by Gasteiger charge is -2.66. The monoisotopic (exact) mass is 782 g/mol. The molecule has 6 heterocycles. The van der Waals surface area contributed by atoms with Crippen LogP contribution in [0.25, 0.3) is 0 Å². The Kier molecular flexibility index (Phi) is 9.47. The number of hydrogen-bond donors (Lipinski definition) is 5. The molecule has 0 unspecified atom stereocenters. The highest BCUT2D eigenvalue weighted by molar-refractivity contribution is 5.92. The van der Waals surface area contributed by atoms with Crippen molar-refractivity contribution >= 4 is 17.7 Å². The first-order valence-electron chi connectivity index (χ1n) is 21.4. The molecule has 13 nitrogen and oxygen atoms in total. The average molecular weight is 783 g/mol. The number of epoxide rings is 1. The number of esters is 2. The topological polar surface area (TPSA) is 189 Å². The number of fused-ring (bicyclic) bond motifs is 1. The van der Waals surface area contributed by atoms with Crippen LogP contribution in [0.3, 0.4) is 0 Å². The van der Waals surface area contributed by atoms with Crippen molar-refractivity contribution in [2.24, 2.45) is 51.8 Å². The van der Waals surface area contributed by atoms with Crippen LogP contribution in [0.15, 0.2) is 16.7 Å². The van der Waals surface area contributed by atoms with Gasteiger partial charge in [-0.2, -0.15) is 0 Å². The molecule has 8 aliphatic rings. The van der Waals surface area contributed by atoms with Gasteiger partial charge in [0.25, 0.3) is 0 Å². The van der Waals surface area contributed by atoms with Gasteiger partial charge < -0.3 is 49.3 Å². The summed E-state index contributed by atoms with van der Waals surface area (Å²) in [6, 6.07) is 2.28. The maximum atomic E-state index is 15.0. The summed E-state index contributed by atoms with van der Waals surface area (Å²) in [7, 11) is 0. The van der Waals surface area contributed by atoms with Crippen LogP contribution in [0.5, 0.6) is 0 Å². The van der Waals surface area contributed by atoms with Crippen molar-refractivity contribution in [3.63, 3.8) is 0 Å². The van der Waals surface area contributed by atoms with E-state index in [1.807, 2.05) is 26.8 Å². The lowest BCUT2D eigenvalue weighted by atomic mass is 9.36. The van der Waals surface area contributed by atoms with Crippen LogP contribution in [0.2, 0.25) is 0 Å². The van der Waals surface area contributed by atoms with Gasteiger partial charge in [-0.15, -0.1) is 0 Å². The molecule has 0 aromatic carbocycles. The predicted octanol–water partition coefficient (Wildman–Crippen LogP) is 3.36. The van der Waals surface area contributed by atoms with Gasteiger partial charge >= 0.3 is 11.9 Å². The molecule has 1 aromatic rings. The maximum absolute atomic E-state index is 15.0. The highest BCUT2D eigenvalue weighted by Gasteiger charge is 2.91. The number of ether oxygens (including phenoxy) is 4. The molecular formula is C43H62N2O11. The first kappa shape index (κ1) is 39.1. The number of cyclic esters (lactones) is 2. The minimum atomic E-state index is -1.46. The summed E-state index contributed by atoms with van der Waals surface area (Å²) in [5.74, 6) is -0.877. The highest BCUT2D eigenvalue weighted by atomic mass is 16.7. The molecule has 5 aliphatic heterocycles. The third kappa shape index (κ3) is 5.25. The van der Waals surface area contributed by atoms with E-state index in [1.165, 1.54) is 0 Å². The third-order valence-electron chi connectivity index (χ3n) is 17.0. The molecule has 3 saturated carbocycles. The average Bonchev–Trinajstić information content (AvgIpc) is 3.43. The molecule has 2 spiro atoms. The SMILES string of the molecule is CC(C)CC[C@]1(C)O[C@H]2CC(=O)OC[C@]23[C@H]2CC[C@@]4(C)[C@H](c5ccoc5C[C@@H](C5CCC([C@@H]6CNCN6)CC5)[C@H](O)CO)OC(=O)[C@H]5O[C@]54[C@]2(C)[C@H](O)C(=O)[C@@H]31. The van der Waals surface area contributed by atoms with E-state index in [0.717, 1.165) is 45.3 Å². The number of rotatable bonds is 10. The number of nitrogens with one attached hydrogen (secondary N) is 2. The first-order chi connectivity index (χ1) is 26.7. The molecule has 13 heteroatoms. The number of aliphatic hydroxyl groups is 3. The number of ketones is 1. The molecule has 56 heavy (non-hydrogen) atoms. The largest absolute Gasteiger partial charge is 0.469 e. The predicted molar refractivity (Wildman–Crippen MR) is 199 cm³/mol. The summed E-state index contributed by atoms with van der Waals surface area (Å²) >= 11 is 0. The fraction of sp³-hybridized carbons (Fsp3) is 0.837. The Balaban J connectivity index is 1.05.